The zero-order valence-corrected chi connectivity index (χ0v) is 8.04. The van der Waals surface area contributed by atoms with Crippen LogP contribution < -0.4 is 0 Å². The molecule has 14 heavy (non-hydrogen) atoms. The fraction of sp³-hybridized carbons (Fsp3) is 0.100. The third kappa shape index (κ3) is 2.64. The van der Waals surface area contributed by atoms with Gasteiger partial charge in [0.05, 0.1) is 6.07 Å². The van der Waals surface area contributed by atoms with Crippen LogP contribution in [0.15, 0.2) is 35.5 Å². The van der Waals surface area contributed by atoms with Gasteiger partial charge in [0, 0.05) is 22.9 Å². The summed E-state index contributed by atoms with van der Waals surface area (Å²) in [6.45, 7) is 0. The van der Waals surface area contributed by atoms with Gasteiger partial charge in [-0.25, -0.2) is 4.79 Å². The predicted molar refractivity (Wildman–Crippen MR) is 55.8 cm³/mol. The van der Waals surface area contributed by atoms with E-state index in [1.807, 2.05) is 6.07 Å². The first kappa shape index (κ1) is 10.4. The number of nitriles is 1. The van der Waals surface area contributed by atoms with Crippen molar-refractivity contribution in [3.63, 3.8) is 0 Å². The highest BCUT2D eigenvalue weighted by molar-refractivity contribution is 7.80. The maximum atomic E-state index is 10.2. The zero-order valence-electron chi connectivity index (χ0n) is 7.23. The molecule has 0 unspecified atom stereocenters. The summed E-state index contributed by atoms with van der Waals surface area (Å²) < 4.78 is 0. The Morgan fingerprint density at radius 1 is 1.64 bits per heavy atom. The van der Waals surface area contributed by atoms with Gasteiger partial charge in [0.2, 0.25) is 0 Å². The lowest BCUT2D eigenvalue weighted by molar-refractivity contribution is -0.131. The van der Waals surface area contributed by atoms with Gasteiger partial charge in [-0.1, -0.05) is 18.3 Å². The van der Waals surface area contributed by atoms with Gasteiger partial charge in [-0.2, -0.15) is 5.26 Å². The maximum Gasteiger partial charge on any atom is 0.328 e. The number of allylic oxidation sites excluding steroid dienone is 5. The Labute approximate surface area is 86.7 Å². The molecular weight excluding hydrogens is 198 g/mol. The summed E-state index contributed by atoms with van der Waals surface area (Å²) in [6, 6.07) is 2.01. The van der Waals surface area contributed by atoms with E-state index in [4.69, 9.17) is 22.6 Å². The van der Waals surface area contributed by atoms with Crippen molar-refractivity contribution in [3.8, 4) is 6.07 Å². The van der Waals surface area contributed by atoms with E-state index in [0.29, 0.717) is 22.4 Å². The topological polar surface area (TPSA) is 61.1 Å². The number of hydrogen-bond acceptors (Lipinski definition) is 3. The number of aliphatic carboxylic acids is 1. The molecule has 0 spiro atoms. The molecule has 0 heterocycles. The molecule has 0 fully saturated rings. The lowest BCUT2D eigenvalue weighted by atomic mass is 9.99. The van der Waals surface area contributed by atoms with E-state index in [1.165, 1.54) is 6.08 Å². The van der Waals surface area contributed by atoms with Crippen molar-refractivity contribution in [3.05, 3.63) is 35.5 Å². The molecule has 3 nitrogen and oxygen atoms in total. The number of thiocarbonyl (C=S) groups is 1. The summed E-state index contributed by atoms with van der Waals surface area (Å²) in [7, 11) is 0. The van der Waals surface area contributed by atoms with Gasteiger partial charge in [-0.3, -0.25) is 0 Å². The van der Waals surface area contributed by atoms with Gasteiger partial charge in [-0.15, -0.1) is 0 Å². The number of nitrogens with zero attached hydrogens (tertiary/aromatic N) is 1. The molecule has 4 heteroatoms. The van der Waals surface area contributed by atoms with Crippen LogP contribution in [0.1, 0.15) is 6.42 Å². The monoisotopic (exact) mass is 205 g/mol. The minimum atomic E-state index is -1.01. The molecule has 1 rings (SSSR count). The SMILES string of the molecule is N#CC1=CC=C(C=CC(=O)O)C(=S)C1. The van der Waals surface area contributed by atoms with E-state index in [0.717, 1.165) is 6.08 Å². The van der Waals surface area contributed by atoms with Gasteiger partial charge in [0.1, 0.15) is 0 Å². The minimum Gasteiger partial charge on any atom is -0.478 e. The number of carbonyl (C=O) groups is 1. The normalized spacial score (nSPS) is 16.1. The van der Waals surface area contributed by atoms with E-state index < -0.39 is 5.97 Å². The summed E-state index contributed by atoms with van der Waals surface area (Å²) in [5.41, 5.74) is 1.28. The van der Waals surface area contributed by atoms with Crippen LogP contribution in [0, 0.1) is 11.3 Å². The van der Waals surface area contributed by atoms with Gasteiger partial charge in [-0.05, 0) is 17.7 Å². The van der Waals surface area contributed by atoms with Crippen LogP contribution >= 0.6 is 12.2 Å². The molecule has 0 bridgehead atoms. The highest BCUT2D eigenvalue weighted by Crippen LogP contribution is 2.16. The Bertz CT molecular complexity index is 410. The quantitative estimate of drug-likeness (QED) is 0.551. The molecule has 1 N–H and O–H groups in total. The second-order valence-electron chi connectivity index (χ2n) is 2.70. The van der Waals surface area contributed by atoms with Crippen molar-refractivity contribution in [2.75, 3.05) is 0 Å². The summed E-state index contributed by atoms with van der Waals surface area (Å²) >= 11 is 5.02. The maximum absolute atomic E-state index is 10.2. The summed E-state index contributed by atoms with van der Waals surface area (Å²) in [5, 5.41) is 17.0. The molecule has 0 atom stereocenters. The first-order valence-corrected chi connectivity index (χ1v) is 4.29. The van der Waals surface area contributed by atoms with Gasteiger partial charge in [0.15, 0.2) is 0 Å². The van der Waals surface area contributed by atoms with Gasteiger partial charge < -0.3 is 5.11 Å². The molecular formula is C10H7NO2S. The Hall–Kier alpha value is -1.73. The summed E-state index contributed by atoms with van der Waals surface area (Å²) in [4.78, 5) is 10.8. The smallest absolute Gasteiger partial charge is 0.328 e. The second-order valence-corrected chi connectivity index (χ2v) is 3.19. The molecule has 0 saturated carbocycles. The first-order valence-electron chi connectivity index (χ1n) is 3.88. The minimum absolute atomic E-state index is 0.418. The molecule has 0 saturated heterocycles. The number of hydrogen-bond donors (Lipinski definition) is 1. The average Bonchev–Trinajstić information content (AvgIpc) is 2.15. The van der Waals surface area contributed by atoms with Crippen LogP contribution in [0.3, 0.4) is 0 Å². The molecule has 0 radical (unpaired) electrons. The van der Waals surface area contributed by atoms with E-state index >= 15 is 0 Å². The second kappa shape index (κ2) is 4.49. The van der Waals surface area contributed by atoms with Gasteiger partial charge in [0.25, 0.3) is 0 Å². The molecule has 0 aliphatic heterocycles. The van der Waals surface area contributed by atoms with E-state index in [1.54, 1.807) is 12.2 Å². The van der Waals surface area contributed by atoms with E-state index in [9.17, 15) is 4.79 Å². The van der Waals surface area contributed by atoms with Crippen LogP contribution in [0.2, 0.25) is 0 Å². The molecule has 0 aromatic heterocycles. The Morgan fingerprint density at radius 2 is 2.36 bits per heavy atom. The molecule has 0 amide bonds. The fourth-order valence-electron chi connectivity index (χ4n) is 1.00. The van der Waals surface area contributed by atoms with Crippen LogP contribution in [-0.4, -0.2) is 15.9 Å². The van der Waals surface area contributed by atoms with Crippen molar-refractivity contribution < 1.29 is 9.90 Å². The van der Waals surface area contributed by atoms with Crippen molar-refractivity contribution in [2.45, 2.75) is 6.42 Å². The number of carboxylic acids is 1. The Balaban J connectivity index is 2.87. The highest BCUT2D eigenvalue weighted by Gasteiger charge is 2.09. The van der Waals surface area contributed by atoms with Crippen LogP contribution in [0.25, 0.3) is 0 Å². The Kier molecular flexibility index (Phi) is 3.32. The lowest BCUT2D eigenvalue weighted by Gasteiger charge is -2.07. The zero-order chi connectivity index (χ0) is 10.6. The predicted octanol–water partition coefficient (Wildman–Crippen LogP) is 1.78. The molecule has 0 aromatic carbocycles. The summed E-state index contributed by atoms with van der Waals surface area (Å²) in [5.74, 6) is -1.01. The van der Waals surface area contributed by atoms with E-state index in [2.05, 4.69) is 0 Å². The third-order valence-electron chi connectivity index (χ3n) is 1.69. The first-order chi connectivity index (χ1) is 6.63. The average molecular weight is 205 g/mol. The lowest BCUT2D eigenvalue weighted by Crippen LogP contribution is -2.03. The standard InChI is InChI=1S/C10H7NO2S/c11-6-7-1-2-8(9(14)5-7)3-4-10(12)13/h1-4H,5H2,(H,12,13). The van der Waals surface area contributed by atoms with Gasteiger partial charge >= 0.3 is 5.97 Å². The number of carboxylic acid groups (broad SMARTS) is 1. The molecule has 1 aliphatic rings. The molecule has 0 aromatic rings. The highest BCUT2D eigenvalue weighted by atomic mass is 32.1. The Morgan fingerprint density at radius 3 is 2.86 bits per heavy atom. The van der Waals surface area contributed by atoms with Crippen LogP contribution in [0.4, 0.5) is 0 Å². The third-order valence-corrected chi connectivity index (χ3v) is 2.07. The van der Waals surface area contributed by atoms with Crippen molar-refractivity contribution in [2.24, 2.45) is 0 Å². The molecule has 1 aliphatic carbocycles. The van der Waals surface area contributed by atoms with Crippen LogP contribution in [-0.2, 0) is 4.79 Å². The number of rotatable bonds is 2. The van der Waals surface area contributed by atoms with E-state index in [-0.39, 0.29) is 0 Å². The van der Waals surface area contributed by atoms with Crippen molar-refractivity contribution >= 4 is 23.1 Å². The van der Waals surface area contributed by atoms with Crippen molar-refractivity contribution in [1.82, 2.24) is 0 Å². The molecule has 70 valence electrons. The van der Waals surface area contributed by atoms with Crippen molar-refractivity contribution in [1.29, 1.82) is 5.26 Å². The van der Waals surface area contributed by atoms with Crippen LogP contribution in [0.5, 0.6) is 0 Å². The fourth-order valence-corrected chi connectivity index (χ4v) is 1.30. The summed E-state index contributed by atoms with van der Waals surface area (Å²) in [6.07, 6.45) is 6.20. The largest absolute Gasteiger partial charge is 0.478 e.